The van der Waals surface area contributed by atoms with Crippen LogP contribution in [0.5, 0.6) is 0 Å². The fourth-order valence-corrected chi connectivity index (χ4v) is 6.74. The van der Waals surface area contributed by atoms with Crippen molar-refractivity contribution in [1.29, 1.82) is 0 Å². The number of nitrogens with one attached hydrogen (secondary N) is 1. The van der Waals surface area contributed by atoms with Crippen molar-refractivity contribution >= 4 is 16.0 Å². The van der Waals surface area contributed by atoms with Gasteiger partial charge in [-0.1, -0.05) is 189 Å². The van der Waals surface area contributed by atoms with E-state index in [1.54, 1.807) is 6.08 Å². The Morgan fingerprint density at radius 3 is 1.37 bits per heavy atom. The standard InChI is InChI=1S/C45H79NO5S/c1-3-5-7-9-11-13-15-17-19-20-21-22-23-24-25-26-27-29-31-33-35-37-39-41-45(48)46-43(42-52(49,50)51)44(47)40-38-36-34-32-30-28-18-16-14-12-10-8-6-4-2/h5,7,11,13,17,19,21-22,24-25,38,40,43-44,47H,3-4,6,8-10,12,14-16,18,20,23,26-37,39,41-42H2,1-2H3,(H,46,48)(H,49,50,51)/b7-5-,13-11-,19-17-,22-21-,25-24-,40-38+. The van der Waals surface area contributed by atoms with Crippen LogP contribution >= 0.6 is 0 Å². The van der Waals surface area contributed by atoms with Crippen LogP contribution in [0.1, 0.15) is 187 Å². The van der Waals surface area contributed by atoms with E-state index < -0.39 is 28.0 Å². The Balaban J connectivity index is 3.94. The highest BCUT2D eigenvalue weighted by Crippen LogP contribution is 2.14. The number of carbonyl (C=O) groups is 1. The van der Waals surface area contributed by atoms with Crippen LogP contribution in [0.25, 0.3) is 0 Å². The fraction of sp³-hybridized carbons (Fsp3) is 0.711. The van der Waals surface area contributed by atoms with Crippen LogP contribution in [-0.2, 0) is 14.9 Å². The maximum absolute atomic E-state index is 12.5. The second kappa shape index (κ2) is 38.5. The van der Waals surface area contributed by atoms with E-state index in [1.807, 2.05) is 6.08 Å². The Morgan fingerprint density at radius 2 is 0.923 bits per heavy atom. The van der Waals surface area contributed by atoms with Crippen LogP contribution in [0.2, 0.25) is 0 Å². The molecule has 300 valence electrons. The number of carbonyl (C=O) groups excluding carboxylic acids is 1. The first kappa shape index (κ1) is 49.8. The summed E-state index contributed by atoms with van der Waals surface area (Å²) in [4.78, 5) is 12.5. The summed E-state index contributed by atoms with van der Waals surface area (Å²) in [6.07, 6.45) is 54.5. The van der Waals surface area contributed by atoms with Gasteiger partial charge in [0.25, 0.3) is 10.1 Å². The molecule has 0 aliphatic heterocycles. The van der Waals surface area contributed by atoms with E-state index in [2.05, 4.69) is 79.9 Å². The van der Waals surface area contributed by atoms with E-state index in [1.165, 1.54) is 83.5 Å². The molecule has 0 radical (unpaired) electrons. The molecule has 0 aromatic heterocycles. The molecule has 0 saturated carbocycles. The van der Waals surface area contributed by atoms with Gasteiger partial charge in [-0.15, -0.1) is 0 Å². The smallest absolute Gasteiger partial charge is 0.267 e. The lowest BCUT2D eigenvalue weighted by atomic mass is 10.0. The van der Waals surface area contributed by atoms with Crippen LogP contribution in [0.3, 0.4) is 0 Å². The Morgan fingerprint density at radius 1 is 0.538 bits per heavy atom. The Labute approximate surface area is 321 Å². The molecule has 0 aliphatic rings. The third-order valence-corrected chi connectivity index (χ3v) is 9.92. The molecule has 0 rings (SSSR count). The summed E-state index contributed by atoms with van der Waals surface area (Å²) >= 11 is 0. The maximum atomic E-state index is 12.5. The largest absolute Gasteiger partial charge is 0.387 e. The molecule has 7 heteroatoms. The van der Waals surface area contributed by atoms with Gasteiger partial charge >= 0.3 is 0 Å². The van der Waals surface area contributed by atoms with Crippen LogP contribution in [0, 0.1) is 0 Å². The molecule has 0 spiro atoms. The molecule has 0 bridgehead atoms. The van der Waals surface area contributed by atoms with Gasteiger partial charge in [0.15, 0.2) is 0 Å². The molecule has 6 nitrogen and oxygen atoms in total. The fourth-order valence-electron chi connectivity index (χ4n) is 6.00. The molecule has 3 N–H and O–H groups in total. The Kier molecular flexibility index (Phi) is 36.9. The number of hydrogen-bond acceptors (Lipinski definition) is 4. The highest BCUT2D eigenvalue weighted by molar-refractivity contribution is 7.85. The molecular weight excluding hydrogens is 667 g/mol. The molecular formula is C45H79NO5S. The van der Waals surface area contributed by atoms with Gasteiger partial charge in [0.05, 0.1) is 17.9 Å². The normalized spacial score (nSPS) is 14.0. The van der Waals surface area contributed by atoms with Gasteiger partial charge in [0.1, 0.15) is 0 Å². The van der Waals surface area contributed by atoms with Crippen molar-refractivity contribution in [3.63, 3.8) is 0 Å². The molecule has 0 aromatic carbocycles. The monoisotopic (exact) mass is 746 g/mol. The van der Waals surface area contributed by atoms with E-state index in [4.69, 9.17) is 0 Å². The molecule has 0 heterocycles. The summed E-state index contributed by atoms with van der Waals surface area (Å²) in [5, 5.41) is 13.2. The van der Waals surface area contributed by atoms with Crippen molar-refractivity contribution in [2.45, 2.75) is 199 Å². The molecule has 52 heavy (non-hydrogen) atoms. The topological polar surface area (TPSA) is 104 Å². The van der Waals surface area contributed by atoms with Gasteiger partial charge in [-0.25, -0.2) is 0 Å². The van der Waals surface area contributed by atoms with Gasteiger partial charge in [0, 0.05) is 6.42 Å². The minimum Gasteiger partial charge on any atom is -0.387 e. The minimum atomic E-state index is -4.35. The number of aliphatic hydroxyl groups excluding tert-OH is 1. The van der Waals surface area contributed by atoms with Crippen molar-refractivity contribution in [3.05, 3.63) is 72.9 Å². The van der Waals surface area contributed by atoms with Crippen molar-refractivity contribution in [1.82, 2.24) is 5.32 Å². The molecule has 2 unspecified atom stereocenters. The van der Waals surface area contributed by atoms with Crippen molar-refractivity contribution in [3.8, 4) is 0 Å². The van der Waals surface area contributed by atoms with Crippen LogP contribution in [0.4, 0.5) is 0 Å². The number of aliphatic hydroxyl groups is 1. The number of unbranched alkanes of at least 4 members (excludes halogenated alkanes) is 19. The number of amides is 1. The predicted octanol–water partition coefficient (Wildman–Crippen LogP) is 12.6. The van der Waals surface area contributed by atoms with Gasteiger partial charge in [-0.3, -0.25) is 9.35 Å². The van der Waals surface area contributed by atoms with Crippen LogP contribution in [0.15, 0.2) is 72.9 Å². The summed E-state index contributed by atoms with van der Waals surface area (Å²) in [6, 6.07) is -1.07. The van der Waals surface area contributed by atoms with Crippen molar-refractivity contribution in [2.24, 2.45) is 0 Å². The summed E-state index contributed by atoms with van der Waals surface area (Å²) in [7, 11) is -4.35. The molecule has 0 saturated heterocycles. The predicted molar refractivity (Wildman–Crippen MR) is 225 cm³/mol. The van der Waals surface area contributed by atoms with Gasteiger partial charge < -0.3 is 10.4 Å². The third kappa shape index (κ3) is 39.0. The molecule has 0 aromatic rings. The second-order valence-electron chi connectivity index (χ2n) is 14.2. The molecule has 1 amide bonds. The highest BCUT2D eigenvalue weighted by atomic mass is 32.2. The summed E-state index contributed by atoms with van der Waals surface area (Å²) in [5.41, 5.74) is 0. The van der Waals surface area contributed by atoms with E-state index >= 15 is 0 Å². The van der Waals surface area contributed by atoms with Crippen molar-refractivity contribution in [2.75, 3.05) is 5.75 Å². The van der Waals surface area contributed by atoms with Gasteiger partial charge in [0.2, 0.25) is 5.91 Å². The second-order valence-corrected chi connectivity index (χ2v) is 15.7. The SMILES string of the molecule is CC/C=C\C/C=C\C/C=C\C/C=C\C/C=C\CCCCCCCCCC(=O)NC(CS(=O)(=O)O)C(O)/C=C/CCCCCCCCCCCCCC. The average Bonchev–Trinajstić information content (AvgIpc) is 3.11. The molecule has 2 atom stereocenters. The summed E-state index contributed by atoms with van der Waals surface area (Å²) in [6.45, 7) is 4.40. The lowest BCUT2D eigenvalue weighted by molar-refractivity contribution is -0.122. The lowest BCUT2D eigenvalue weighted by Crippen LogP contribution is -2.46. The van der Waals surface area contributed by atoms with E-state index in [0.717, 1.165) is 83.5 Å². The Hall–Kier alpha value is -2.22. The summed E-state index contributed by atoms with van der Waals surface area (Å²) < 4.78 is 32.5. The number of allylic oxidation sites excluding steroid dienone is 11. The van der Waals surface area contributed by atoms with Gasteiger partial charge in [-0.2, -0.15) is 8.42 Å². The van der Waals surface area contributed by atoms with E-state index in [-0.39, 0.29) is 12.3 Å². The van der Waals surface area contributed by atoms with Crippen LogP contribution < -0.4 is 5.32 Å². The Bertz CT molecular complexity index is 1090. The first-order chi connectivity index (χ1) is 25.3. The zero-order valence-electron chi connectivity index (χ0n) is 33.4. The zero-order valence-corrected chi connectivity index (χ0v) is 34.2. The minimum absolute atomic E-state index is 0.279. The lowest BCUT2D eigenvalue weighted by Gasteiger charge is -2.21. The van der Waals surface area contributed by atoms with Gasteiger partial charge in [-0.05, 0) is 64.2 Å². The number of rotatable bonds is 37. The third-order valence-electron chi connectivity index (χ3n) is 9.14. The zero-order chi connectivity index (χ0) is 38.2. The van der Waals surface area contributed by atoms with Crippen LogP contribution in [-0.4, -0.2) is 41.9 Å². The molecule has 0 fully saturated rings. The number of hydrogen-bond donors (Lipinski definition) is 3. The summed E-state index contributed by atoms with van der Waals surface area (Å²) in [5.74, 6) is -0.998. The highest BCUT2D eigenvalue weighted by Gasteiger charge is 2.24. The first-order valence-electron chi connectivity index (χ1n) is 21.1. The maximum Gasteiger partial charge on any atom is 0.267 e. The van der Waals surface area contributed by atoms with Crippen molar-refractivity contribution < 1.29 is 22.9 Å². The first-order valence-corrected chi connectivity index (χ1v) is 22.7. The van der Waals surface area contributed by atoms with E-state index in [0.29, 0.717) is 0 Å². The molecule has 0 aliphatic carbocycles. The average molecular weight is 746 g/mol. The quantitative estimate of drug-likeness (QED) is 0.0334. The van der Waals surface area contributed by atoms with E-state index in [9.17, 15) is 22.9 Å².